The van der Waals surface area contributed by atoms with Crippen LogP contribution < -0.4 is 5.32 Å². The second kappa shape index (κ2) is 7.12. The Morgan fingerprint density at radius 1 is 1.19 bits per heavy atom. The predicted octanol–water partition coefficient (Wildman–Crippen LogP) is 2.66. The molecule has 1 aliphatic rings. The number of benzene rings is 1. The van der Waals surface area contributed by atoms with Crippen LogP contribution in [0.4, 0.5) is 5.13 Å². The van der Waals surface area contributed by atoms with Crippen molar-refractivity contribution in [1.29, 1.82) is 0 Å². The molecule has 0 aliphatic carbocycles. The van der Waals surface area contributed by atoms with Crippen LogP contribution in [0.3, 0.4) is 0 Å². The number of hydrogen-bond donors (Lipinski definition) is 1. The Balaban J connectivity index is 1.70. The van der Waals surface area contributed by atoms with E-state index in [1.165, 1.54) is 15.6 Å². The smallest absolute Gasteiger partial charge is 0.253 e. The summed E-state index contributed by atoms with van der Waals surface area (Å²) in [7, 11) is -3.78. The molecule has 1 aliphatic heterocycles. The fourth-order valence-corrected chi connectivity index (χ4v) is 6.32. The molecule has 4 rings (SSSR count). The molecule has 3 heterocycles. The van der Waals surface area contributed by atoms with Crippen molar-refractivity contribution in [2.24, 2.45) is 0 Å². The lowest BCUT2D eigenvalue weighted by Gasteiger charge is -2.34. The van der Waals surface area contributed by atoms with Crippen LogP contribution in [-0.2, 0) is 27.8 Å². The summed E-state index contributed by atoms with van der Waals surface area (Å²) < 4.78 is 27.8. The molecular weight excluding hydrogens is 404 g/mol. The summed E-state index contributed by atoms with van der Waals surface area (Å²) in [5, 5.41) is 13.3. The van der Waals surface area contributed by atoms with Crippen molar-refractivity contribution in [3.8, 4) is 0 Å². The average molecular weight is 421 g/mol. The summed E-state index contributed by atoms with van der Waals surface area (Å²) in [5.74, 6) is -0.402. The summed E-state index contributed by atoms with van der Waals surface area (Å²) in [6, 6.07) is 9.99. The monoisotopic (exact) mass is 420 g/mol. The van der Waals surface area contributed by atoms with Crippen molar-refractivity contribution in [3.05, 3.63) is 57.9 Å². The molecule has 0 bridgehead atoms. The number of carbonyl (C=O) groups excluding carboxylic acids is 1. The molecule has 3 aromatic rings. The van der Waals surface area contributed by atoms with Gasteiger partial charge in [-0.25, -0.2) is 8.42 Å². The number of carbonyl (C=O) groups is 1. The summed E-state index contributed by atoms with van der Waals surface area (Å²) in [6.45, 7) is 1.95. The van der Waals surface area contributed by atoms with Gasteiger partial charge >= 0.3 is 0 Å². The van der Waals surface area contributed by atoms with Gasteiger partial charge in [0, 0.05) is 6.54 Å². The van der Waals surface area contributed by atoms with E-state index in [9.17, 15) is 13.2 Å². The molecule has 0 saturated heterocycles. The Hall–Kier alpha value is -2.14. The molecule has 0 spiro atoms. The number of rotatable bonds is 4. The molecule has 140 valence electrons. The second-order valence-corrected chi connectivity index (χ2v) is 10.3. The minimum Gasteiger partial charge on any atom is -0.299 e. The van der Waals surface area contributed by atoms with E-state index in [1.807, 2.05) is 24.3 Å². The molecular formula is C17H16N4O3S3. The van der Waals surface area contributed by atoms with Crippen LogP contribution in [0.2, 0.25) is 0 Å². The molecule has 27 heavy (non-hydrogen) atoms. The van der Waals surface area contributed by atoms with Crippen molar-refractivity contribution in [1.82, 2.24) is 14.5 Å². The van der Waals surface area contributed by atoms with E-state index in [1.54, 1.807) is 24.4 Å². The minimum absolute atomic E-state index is 0.156. The lowest BCUT2D eigenvalue weighted by molar-refractivity contribution is -0.120. The number of fused-ring (bicyclic) bond motifs is 1. The molecule has 1 amide bonds. The second-order valence-electron chi connectivity index (χ2n) is 6.09. The number of hydrogen-bond acceptors (Lipinski definition) is 7. The molecule has 0 radical (unpaired) electrons. The Morgan fingerprint density at radius 2 is 1.96 bits per heavy atom. The first-order valence-electron chi connectivity index (χ1n) is 8.18. The number of thiophene rings is 1. The van der Waals surface area contributed by atoms with Gasteiger partial charge in [0.05, 0.1) is 0 Å². The highest BCUT2D eigenvalue weighted by Crippen LogP contribution is 2.31. The largest absolute Gasteiger partial charge is 0.299 e. The van der Waals surface area contributed by atoms with E-state index in [2.05, 4.69) is 15.5 Å². The Kier molecular flexibility index (Phi) is 4.81. The predicted molar refractivity (Wildman–Crippen MR) is 104 cm³/mol. The zero-order chi connectivity index (χ0) is 19.0. The van der Waals surface area contributed by atoms with Gasteiger partial charge in [0.15, 0.2) is 0 Å². The van der Waals surface area contributed by atoms with E-state index in [-0.39, 0.29) is 10.8 Å². The summed E-state index contributed by atoms with van der Waals surface area (Å²) in [6.07, 6.45) is 0.310. The standard InChI is InChI=1S/C17H16N4O3S3/c1-11-19-20-17(26-11)18-16(22)14-9-12-5-2-3-6-13(12)10-21(14)27(23,24)15-7-4-8-25-15/h2-8,14H,9-10H2,1H3,(H,18,20,22). The van der Waals surface area contributed by atoms with Crippen LogP contribution in [0, 0.1) is 6.92 Å². The van der Waals surface area contributed by atoms with Gasteiger partial charge in [-0.2, -0.15) is 4.31 Å². The number of anilines is 1. The number of amides is 1. The fourth-order valence-electron chi connectivity index (χ4n) is 3.04. The van der Waals surface area contributed by atoms with E-state index >= 15 is 0 Å². The first-order chi connectivity index (χ1) is 12.9. The quantitative estimate of drug-likeness (QED) is 0.701. The van der Waals surface area contributed by atoms with E-state index in [0.29, 0.717) is 11.6 Å². The highest BCUT2D eigenvalue weighted by Gasteiger charge is 2.40. The number of nitrogens with zero attached hydrogens (tertiary/aromatic N) is 3. The minimum atomic E-state index is -3.78. The Bertz CT molecular complexity index is 1080. The van der Waals surface area contributed by atoms with Gasteiger partial charge in [-0.1, -0.05) is 41.7 Å². The van der Waals surface area contributed by atoms with Gasteiger partial charge in [0.2, 0.25) is 11.0 Å². The normalized spacial score (nSPS) is 17.4. The molecule has 1 aromatic carbocycles. The highest BCUT2D eigenvalue weighted by atomic mass is 32.2. The maximum atomic E-state index is 13.2. The molecule has 10 heteroatoms. The van der Waals surface area contributed by atoms with Crippen molar-refractivity contribution in [3.63, 3.8) is 0 Å². The zero-order valence-corrected chi connectivity index (χ0v) is 16.8. The summed E-state index contributed by atoms with van der Waals surface area (Å²) in [5.41, 5.74) is 1.89. The highest BCUT2D eigenvalue weighted by molar-refractivity contribution is 7.91. The summed E-state index contributed by atoms with van der Waals surface area (Å²) in [4.78, 5) is 12.9. The first-order valence-corrected chi connectivity index (χ1v) is 11.3. The maximum Gasteiger partial charge on any atom is 0.253 e. The third-order valence-corrected chi connectivity index (χ3v) is 8.30. The molecule has 7 nitrogen and oxygen atoms in total. The van der Waals surface area contributed by atoms with Gasteiger partial charge in [-0.15, -0.1) is 21.5 Å². The zero-order valence-electron chi connectivity index (χ0n) is 14.3. The van der Waals surface area contributed by atoms with Gasteiger partial charge in [-0.05, 0) is 35.9 Å². The van der Waals surface area contributed by atoms with Crippen molar-refractivity contribution in [2.75, 3.05) is 5.32 Å². The third kappa shape index (κ3) is 3.53. The molecule has 0 saturated carbocycles. The van der Waals surface area contributed by atoms with Crippen LogP contribution in [0.25, 0.3) is 0 Å². The third-order valence-electron chi connectivity index (χ3n) is 4.32. The van der Waals surface area contributed by atoms with Crippen LogP contribution in [0.1, 0.15) is 16.1 Å². The summed E-state index contributed by atoms with van der Waals surface area (Å²) >= 11 is 2.40. The number of aryl methyl sites for hydroxylation is 1. The average Bonchev–Trinajstić information content (AvgIpc) is 3.33. The molecule has 0 fully saturated rings. The fraction of sp³-hybridized carbons (Fsp3) is 0.235. The van der Waals surface area contributed by atoms with E-state index in [0.717, 1.165) is 27.5 Å². The van der Waals surface area contributed by atoms with Gasteiger partial charge in [0.25, 0.3) is 10.0 Å². The first kappa shape index (κ1) is 18.2. The van der Waals surface area contributed by atoms with Crippen LogP contribution in [0.5, 0.6) is 0 Å². The molecule has 2 aromatic heterocycles. The van der Waals surface area contributed by atoms with Crippen molar-refractivity contribution in [2.45, 2.75) is 30.1 Å². The molecule has 1 N–H and O–H groups in total. The lowest BCUT2D eigenvalue weighted by atomic mass is 9.95. The lowest BCUT2D eigenvalue weighted by Crippen LogP contribution is -2.50. The number of nitrogens with one attached hydrogen (secondary N) is 1. The van der Waals surface area contributed by atoms with E-state index in [4.69, 9.17) is 0 Å². The maximum absolute atomic E-state index is 13.2. The van der Waals surface area contributed by atoms with Gasteiger partial charge < -0.3 is 0 Å². The molecule has 1 atom stereocenters. The van der Waals surface area contributed by atoms with Crippen LogP contribution in [-0.4, -0.2) is 34.9 Å². The van der Waals surface area contributed by atoms with Crippen molar-refractivity contribution < 1.29 is 13.2 Å². The van der Waals surface area contributed by atoms with E-state index < -0.39 is 22.0 Å². The van der Waals surface area contributed by atoms with Crippen LogP contribution >= 0.6 is 22.7 Å². The SMILES string of the molecule is Cc1nnc(NC(=O)C2Cc3ccccc3CN2S(=O)(=O)c2cccs2)s1. The van der Waals surface area contributed by atoms with Gasteiger partial charge in [0.1, 0.15) is 15.3 Å². The van der Waals surface area contributed by atoms with Gasteiger partial charge in [-0.3, -0.25) is 10.1 Å². The number of sulfonamides is 1. The van der Waals surface area contributed by atoms with Crippen LogP contribution in [0.15, 0.2) is 46.0 Å². The molecule has 1 unspecified atom stereocenters. The van der Waals surface area contributed by atoms with Crippen molar-refractivity contribution >= 4 is 43.7 Å². The Labute approximate surface area is 164 Å². The topological polar surface area (TPSA) is 92.3 Å². The Morgan fingerprint density at radius 3 is 2.63 bits per heavy atom. The number of aromatic nitrogens is 2.